The Hall–Kier alpha value is -3.44. The number of carbonyl (C=O) groups excluding carboxylic acids is 1. The van der Waals surface area contributed by atoms with E-state index >= 15 is 0 Å². The van der Waals surface area contributed by atoms with Crippen LogP contribution in [0.15, 0.2) is 59.1 Å². The van der Waals surface area contributed by atoms with Gasteiger partial charge in [-0.25, -0.2) is 9.07 Å². The van der Waals surface area contributed by atoms with Crippen LogP contribution >= 0.6 is 15.9 Å². The molecule has 1 heterocycles. The number of nitriles is 1. The lowest BCUT2D eigenvalue weighted by molar-refractivity contribution is -0.116. The minimum absolute atomic E-state index is 0.206. The van der Waals surface area contributed by atoms with E-state index in [0.29, 0.717) is 36.3 Å². The van der Waals surface area contributed by atoms with Crippen molar-refractivity contribution in [2.24, 2.45) is 0 Å². The maximum atomic E-state index is 13.1. The summed E-state index contributed by atoms with van der Waals surface area (Å²) < 4.78 is 15.5. The van der Waals surface area contributed by atoms with Crippen molar-refractivity contribution < 1.29 is 9.18 Å². The van der Waals surface area contributed by atoms with Crippen molar-refractivity contribution in [3.63, 3.8) is 0 Å². The van der Waals surface area contributed by atoms with Crippen LogP contribution in [0.5, 0.6) is 0 Å². The Kier molecular flexibility index (Phi) is 6.99. The summed E-state index contributed by atoms with van der Waals surface area (Å²) >= 11 is 3.43. The Morgan fingerprint density at radius 3 is 2.70 bits per heavy atom. The monoisotopic (exact) mass is 467 g/mol. The van der Waals surface area contributed by atoms with Gasteiger partial charge in [0.25, 0.3) is 0 Å². The number of rotatable bonds is 7. The zero-order valence-electron chi connectivity index (χ0n) is 16.0. The van der Waals surface area contributed by atoms with E-state index in [1.807, 2.05) is 24.3 Å². The second-order valence-corrected chi connectivity index (χ2v) is 7.31. The minimum Gasteiger partial charge on any atom is -0.382 e. The number of halogens is 2. The zero-order chi connectivity index (χ0) is 21.5. The van der Waals surface area contributed by atoms with E-state index in [2.05, 4.69) is 32.4 Å². The van der Waals surface area contributed by atoms with Gasteiger partial charge in [0.1, 0.15) is 23.3 Å². The summed E-state index contributed by atoms with van der Waals surface area (Å²) in [4.78, 5) is 12.0. The topological polar surface area (TPSA) is 96.7 Å². The van der Waals surface area contributed by atoms with Gasteiger partial charge in [-0.1, -0.05) is 34.1 Å². The first-order valence-corrected chi connectivity index (χ1v) is 10.0. The third-order valence-electron chi connectivity index (χ3n) is 4.39. The fourth-order valence-electron chi connectivity index (χ4n) is 2.86. The first-order chi connectivity index (χ1) is 14.5. The predicted molar refractivity (Wildman–Crippen MR) is 117 cm³/mol. The number of nitrogens with zero attached hydrogens (tertiary/aromatic N) is 3. The molecule has 0 bridgehead atoms. The van der Waals surface area contributed by atoms with Crippen molar-refractivity contribution in [3.8, 4) is 11.8 Å². The van der Waals surface area contributed by atoms with Gasteiger partial charge < -0.3 is 11.1 Å². The van der Waals surface area contributed by atoms with Crippen molar-refractivity contribution in [3.05, 3.63) is 81.7 Å². The highest BCUT2D eigenvalue weighted by Crippen LogP contribution is 2.21. The Morgan fingerprint density at radius 1 is 1.27 bits per heavy atom. The molecule has 0 aliphatic heterocycles. The van der Waals surface area contributed by atoms with Gasteiger partial charge >= 0.3 is 0 Å². The summed E-state index contributed by atoms with van der Waals surface area (Å²) in [7, 11) is 0. The van der Waals surface area contributed by atoms with Gasteiger partial charge in [-0.3, -0.25) is 4.79 Å². The summed E-state index contributed by atoms with van der Waals surface area (Å²) in [5.74, 6) is -0.364. The van der Waals surface area contributed by atoms with E-state index in [4.69, 9.17) is 5.73 Å². The van der Waals surface area contributed by atoms with E-state index in [-0.39, 0.29) is 17.5 Å². The molecule has 0 spiro atoms. The van der Waals surface area contributed by atoms with Crippen molar-refractivity contribution in [1.82, 2.24) is 15.1 Å². The molecule has 6 nitrogen and oxygen atoms in total. The number of nitrogens with one attached hydrogen (secondary N) is 1. The second-order valence-electron chi connectivity index (χ2n) is 6.46. The first-order valence-electron chi connectivity index (χ1n) is 9.23. The SMILES string of the molecule is N#Cc1c(CCCNC(=O)/C=C/c2ccccc2Br)nn(-c2ccc(F)cc2)c1N. The average Bonchev–Trinajstić information content (AvgIpc) is 3.06. The smallest absolute Gasteiger partial charge is 0.243 e. The molecule has 0 fully saturated rings. The van der Waals surface area contributed by atoms with Crippen LogP contribution in [-0.4, -0.2) is 22.2 Å². The van der Waals surface area contributed by atoms with E-state index in [1.54, 1.807) is 18.2 Å². The van der Waals surface area contributed by atoms with Gasteiger partial charge in [-0.15, -0.1) is 0 Å². The van der Waals surface area contributed by atoms with Crippen molar-refractivity contribution in [1.29, 1.82) is 5.26 Å². The third-order valence-corrected chi connectivity index (χ3v) is 5.11. The highest BCUT2D eigenvalue weighted by Gasteiger charge is 2.16. The Bertz CT molecular complexity index is 1120. The van der Waals surface area contributed by atoms with Gasteiger partial charge in [0.15, 0.2) is 0 Å². The summed E-state index contributed by atoms with van der Waals surface area (Å²) in [6.07, 6.45) is 4.26. The molecule has 0 unspecified atom stereocenters. The number of carbonyl (C=O) groups is 1. The molecule has 3 N–H and O–H groups in total. The highest BCUT2D eigenvalue weighted by molar-refractivity contribution is 9.10. The van der Waals surface area contributed by atoms with Gasteiger partial charge in [-0.2, -0.15) is 10.4 Å². The molecule has 0 atom stereocenters. The molecule has 152 valence electrons. The normalized spacial score (nSPS) is 10.8. The molecule has 0 saturated carbocycles. The van der Waals surface area contributed by atoms with Crippen LogP contribution < -0.4 is 11.1 Å². The zero-order valence-corrected chi connectivity index (χ0v) is 17.6. The van der Waals surface area contributed by atoms with E-state index in [9.17, 15) is 14.4 Å². The van der Waals surface area contributed by atoms with Gasteiger partial charge in [0.2, 0.25) is 5.91 Å². The number of hydrogen-bond donors (Lipinski definition) is 2. The van der Waals surface area contributed by atoms with Crippen LogP contribution in [-0.2, 0) is 11.2 Å². The van der Waals surface area contributed by atoms with Crippen molar-refractivity contribution >= 4 is 33.7 Å². The third kappa shape index (κ3) is 5.13. The average molecular weight is 468 g/mol. The standard InChI is InChI=1S/C22H19BrFN5O/c23-19-5-2-1-4-15(19)7-12-21(30)27-13-3-6-20-18(14-25)22(26)29(28-20)17-10-8-16(24)9-11-17/h1-2,4-5,7-12H,3,6,13,26H2,(H,27,30)/b12-7+. The predicted octanol–water partition coefficient (Wildman–Crippen LogP) is 3.99. The molecule has 1 aromatic heterocycles. The Labute approximate surface area is 181 Å². The van der Waals surface area contributed by atoms with Crippen LogP contribution in [0, 0.1) is 17.1 Å². The van der Waals surface area contributed by atoms with E-state index in [0.717, 1.165) is 10.0 Å². The number of anilines is 1. The molecule has 0 saturated heterocycles. The van der Waals surface area contributed by atoms with Crippen LogP contribution in [0.3, 0.4) is 0 Å². The number of aromatic nitrogens is 2. The Balaban J connectivity index is 1.58. The molecule has 2 aromatic carbocycles. The number of amides is 1. The molecule has 8 heteroatoms. The van der Waals surface area contributed by atoms with Crippen LogP contribution in [0.4, 0.5) is 10.2 Å². The fraction of sp³-hybridized carbons (Fsp3) is 0.136. The van der Waals surface area contributed by atoms with Crippen LogP contribution in [0.1, 0.15) is 23.2 Å². The fourth-order valence-corrected chi connectivity index (χ4v) is 3.27. The lowest BCUT2D eigenvalue weighted by Crippen LogP contribution is -2.22. The first kappa shape index (κ1) is 21.3. The lowest BCUT2D eigenvalue weighted by atomic mass is 10.1. The largest absolute Gasteiger partial charge is 0.382 e. The van der Waals surface area contributed by atoms with Crippen molar-refractivity contribution in [2.45, 2.75) is 12.8 Å². The summed E-state index contributed by atoms with van der Waals surface area (Å²) in [6.45, 7) is 0.424. The minimum atomic E-state index is -0.366. The second kappa shape index (κ2) is 9.85. The molecular weight excluding hydrogens is 449 g/mol. The molecule has 3 rings (SSSR count). The molecule has 0 aliphatic rings. The van der Waals surface area contributed by atoms with E-state index in [1.165, 1.54) is 22.9 Å². The summed E-state index contributed by atoms with van der Waals surface area (Å²) in [5.41, 5.74) is 8.36. The lowest BCUT2D eigenvalue weighted by Gasteiger charge is -2.03. The number of aryl methyl sites for hydroxylation is 1. The summed E-state index contributed by atoms with van der Waals surface area (Å²) in [5, 5.41) is 16.6. The quantitative estimate of drug-likeness (QED) is 0.405. The Morgan fingerprint density at radius 2 is 2.00 bits per heavy atom. The molecule has 3 aromatic rings. The number of benzene rings is 2. The highest BCUT2D eigenvalue weighted by atomic mass is 79.9. The summed E-state index contributed by atoms with van der Waals surface area (Å²) in [6, 6.07) is 15.4. The number of nitrogen functional groups attached to an aromatic ring is 1. The number of hydrogen-bond acceptors (Lipinski definition) is 4. The molecule has 0 radical (unpaired) electrons. The molecular formula is C22H19BrFN5O. The van der Waals surface area contributed by atoms with Gasteiger partial charge in [-0.05, 0) is 54.8 Å². The maximum Gasteiger partial charge on any atom is 0.243 e. The van der Waals surface area contributed by atoms with E-state index < -0.39 is 0 Å². The van der Waals surface area contributed by atoms with Crippen LogP contribution in [0.25, 0.3) is 11.8 Å². The molecule has 0 aliphatic carbocycles. The molecule has 1 amide bonds. The van der Waals surface area contributed by atoms with Gasteiger partial charge in [0, 0.05) is 17.1 Å². The maximum absolute atomic E-state index is 13.1. The van der Waals surface area contributed by atoms with Crippen molar-refractivity contribution in [2.75, 3.05) is 12.3 Å². The number of nitrogens with two attached hydrogens (primary N) is 1. The van der Waals surface area contributed by atoms with Crippen LogP contribution in [0.2, 0.25) is 0 Å². The van der Waals surface area contributed by atoms with Gasteiger partial charge in [0.05, 0.1) is 11.4 Å². The molecule has 30 heavy (non-hydrogen) atoms.